The van der Waals surface area contributed by atoms with Gasteiger partial charge in [0.1, 0.15) is 5.84 Å². The highest BCUT2D eigenvalue weighted by Crippen LogP contribution is 2.23. The van der Waals surface area contributed by atoms with Crippen molar-refractivity contribution in [3.8, 4) is 0 Å². The Bertz CT molecular complexity index is 404. The molecular weight excluding hydrogens is 234 g/mol. The van der Waals surface area contributed by atoms with Gasteiger partial charge in [0.15, 0.2) is 0 Å². The van der Waals surface area contributed by atoms with Crippen LogP contribution in [0.1, 0.15) is 50.7 Å². The number of aryl methyl sites for hydroxylation is 1. The van der Waals surface area contributed by atoms with Crippen molar-refractivity contribution < 1.29 is 0 Å². The van der Waals surface area contributed by atoms with Crippen LogP contribution >= 0.6 is 0 Å². The van der Waals surface area contributed by atoms with E-state index in [-0.39, 0.29) is 5.84 Å². The number of amidine groups is 1. The number of nitrogen functional groups attached to an aromatic ring is 1. The number of nitrogens with one attached hydrogen (secondary N) is 1. The molecule has 0 radical (unpaired) electrons. The Labute approximate surface area is 117 Å². The van der Waals surface area contributed by atoms with Gasteiger partial charge >= 0.3 is 0 Å². The van der Waals surface area contributed by atoms with Crippen LogP contribution in [0.5, 0.6) is 0 Å². The smallest absolute Gasteiger partial charge is 0.124 e. The lowest BCUT2D eigenvalue weighted by molar-refractivity contribution is 0.677. The normalized spacial score (nSPS) is 10.5. The minimum atomic E-state index is 0.160. The molecule has 0 aliphatic rings. The van der Waals surface area contributed by atoms with Gasteiger partial charge in [-0.15, -0.1) is 0 Å². The number of benzene rings is 1. The summed E-state index contributed by atoms with van der Waals surface area (Å²) in [6, 6.07) is 6.15. The van der Waals surface area contributed by atoms with Crippen LogP contribution in [0.4, 0.5) is 5.69 Å². The van der Waals surface area contributed by atoms with E-state index in [0.717, 1.165) is 24.3 Å². The standard InChI is InChI=1S/C16H27N3/c1-4-6-10-19(11-7-5-2)15-12-13(3)8-9-14(15)16(17)18/h8-9,12H,4-7,10-11H2,1-3H3,(H3,17,18). The summed E-state index contributed by atoms with van der Waals surface area (Å²) in [6.07, 6.45) is 4.72. The molecule has 0 amide bonds. The minimum absolute atomic E-state index is 0.160. The van der Waals surface area contributed by atoms with Crippen LogP contribution in [0, 0.1) is 12.3 Å². The Hall–Kier alpha value is -1.51. The number of anilines is 1. The average Bonchev–Trinajstić information content (AvgIpc) is 2.38. The van der Waals surface area contributed by atoms with Gasteiger partial charge in [-0.1, -0.05) is 32.8 Å². The van der Waals surface area contributed by atoms with Gasteiger partial charge < -0.3 is 10.6 Å². The van der Waals surface area contributed by atoms with Gasteiger partial charge in [-0.05, 0) is 37.5 Å². The molecule has 1 rings (SSSR count). The van der Waals surface area contributed by atoms with Crippen molar-refractivity contribution in [3.63, 3.8) is 0 Å². The molecule has 1 aromatic carbocycles. The van der Waals surface area contributed by atoms with Crippen LogP contribution < -0.4 is 10.6 Å². The first-order valence-electron chi connectivity index (χ1n) is 7.30. The average molecular weight is 261 g/mol. The van der Waals surface area contributed by atoms with Gasteiger partial charge in [-0.2, -0.15) is 0 Å². The molecule has 0 aliphatic carbocycles. The number of hydrogen-bond donors (Lipinski definition) is 2. The third kappa shape index (κ3) is 4.58. The van der Waals surface area contributed by atoms with Gasteiger partial charge in [0.05, 0.1) is 0 Å². The maximum absolute atomic E-state index is 7.75. The van der Waals surface area contributed by atoms with E-state index >= 15 is 0 Å². The highest BCUT2D eigenvalue weighted by atomic mass is 15.1. The fourth-order valence-electron chi connectivity index (χ4n) is 2.18. The third-order valence-electron chi connectivity index (χ3n) is 3.35. The van der Waals surface area contributed by atoms with E-state index in [9.17, 15) is 0 Å². The predicted molar refractivity (Wildman–Crippen MR) is 84.2 cm³/mol. The monoisotopic (exact) mass is 261 g/mol. The quantitative estimate of drug-likeness (QED) is 0.554. The number of rotatable bonds is 8. The second kappa shape index (κ2) is 7.82. The van der Waals surface area contributed by atoms with Crippen LogP contribution in [0.3, 0.4) is 0 Å². The molecule has 0 spiro atoms. The molecule has 0 aliphatic heterocycles. The van der Waals surface area contributed by atoms with Crippen molar-refractivity contribution in [2.75, 3.05) is 18.0 Å². The lowest BCUT2D eigenvalue weighted by atomic mass is 10.1. The molecule has 0 bridgehead atoms. The second-order valence-electron chi connectivity index (χ2n) is 5.13. The molecule has 0 saturated carbocycles. The lowest BCUT2D eigenvalue weighted by Gasteiger charge is -2.27. The highest BCUT2D eigenvalue weighted by molar-refractivity contribution is 6.00. The van der Waals surface area contributed by atoms with Crippen LogP contribution in [0.15, 0.2) is 18.2 Å². The molecular formula is C16H27N3. The van der Waals surface area contributed by atoms with Gasteiger partial charge in [0.2, 0.25) is 0 Å². The summed E-state index contributed by atoms with van der Waals surface area (Å²) in [5.41, 5.74) is 8.92. The zero-order valence-electron chi connectivity index (χ0n) is 12.5. The largest absolute Gasteiger partial charge is 0.384 e. The molecule has 0 fully saturated rings. The zero-order valence-corrected chi connectivity index (χ0v) is 12.5. The van der Waals surface area contributed by atoms with Gasteiger partial charge in [-0.3, -0.25) is 5.41 Å². The number of unbranched alkanes of at least 4 members (excludes halogenated alkanes) is 2. The molecule has 1 aromatic rings. The van der Waals surface area contributed by atoms with Crippen molar-refractivity contribution in [3.05, 3.63) is 29.3 Å². The first-order chi connectivity index (χ1) is 9.10. The molecule has 0 saturated heterocycles. The van der Waals surface area contributed by atoms with Gasteiger partial charge in [0.25, 0.3) is 0 Å². The summed E-state index contributed by atoms with van der Waals surface area (Å²) in [7, 11) is 0. The van der Waals surface area contributed by atoms with E-state index in [1.807, 2.05) is 12.1 Å². The van der Waals surface area contributed by atoms with E-state index in [0.29, 0.717) is 0 Å². The van der Waals surface area contributed by atoms with Crippen LogP contribution in [0.2, 0.25) is 0 Å². The van der Waals surface area contributed by atoms with Gasteiger partial charge in [0, 0.05) is 24.3 Å². The zero-order chi connectivity index (χ0) is 14.3. The molecule has 19 heavy (non-hydrogen) atoms. The summed E-state index contributed by atoms with van der Waals surface area (Å²) in [5, 5.41) is 7.75. The fourth-order valence-corrected chi connectivity index (χ4v) is 2.18. The van der Waals surface area contributed by atoms with Crippen molar-refractivity contribution >= 4 is 11.5 Å². The summed E-state index contributed by atoms with van der Waals surface area (Å²) in [5.74, 6) is 0.160. The van der Waals surface area contributed by atoms with Gasteiger partial charge in [-0.25, -0.2) is 0 Å². The first-order valence-corrected chi connectivity index (χ1v) is 7.30. The van der Waals surface area contributed by atoms with E-state index in [2.05, 4.69) is 31.7 Å². The number of hydrogen-bond acceptors (Lipinski definition) is 2. The van der Waals surface area contributed by atoms with E-state index in [4.69, 9.17) is 11.1 Å². The van der Waals surface area contributed by atoms with E-state index < -0.39 is 0 Å². The Kier molecular flexibility index (Phi) is 6.40. The lowest BCUT2D eigenvalue weighted by Crippen LogP contribution is -2.28. The number of nitrogens with zero attached hydrogens (tertiary/aromatic N) is 1. The molecule has 0 aromatic heterocycles. The predicted octanol–water partition coefficient (Wildman–Crippen LogP) is 3.69. The summed E-state index contributed by atoms with van der Waals surface area (Å²) in [4.78, 5) is 2.39. The Morgan fingerprint density at radius 3 is 2.21 bits per heavy atom. The Balaban J connectivity index is 3.03. The maximum Gasteiger partial charge on any atom is 0.124 e. The second-order valence-corrected chi connectivity index (χ2v) is 5.13. The first kappa shape index (κ1) is 15.5. The van der Waals surface area contributed by atoms with Crippen LogP contribution in [-0.2, 0) is 0 Å². The Morgan fingerprint density at radius 1 is 1.16 bits per heavy atom. The number of nitrogens with two attached hydrogens (primary N) is 1. The van der Waals surface area contributed by atoms with E-state index in [1.165, 1.54) is 31.2 Å². The van der Waals surface area contributed by atoms with Crippen molar-refractivity contribution in [2.45, 2.75) is 46.5 Å². The third-order valence-corrected chi connectivity index (χ3v) is 3.35. The molecule has 3 heteroatoms. The van der Waals surface area contributed by atoms with Crippen LogP contribution in [0.25, 0.3) is 0 Å². The topological polar surface area (TPSA) is 53.1 Å². The highest BCUT2D eigenvalue weighted by Gasteiger charge is 2.12. The fraction of sp³-hybridized carbons (Fsp3) is 0.562. The van der Waals surface area contributed by atoms with Crippen molar-refractivity contribution in [1.29, 1.82) is 5.41 Å². The summed E-state index contributed by atoms with van der Waals surface area (Å²) < 4.78 is 0. The molecule has 3 nitrogen and oxygen atoms in total. The molecule has 0 heterocycles. The molecule has 0 unspecified atom stereocenters. The SMILES string of the molecule is CCCCN(CCCC)c1cc(C)ccc1C(=N)N. The Morgan fingerprint density at radius 2 is 1.74 bits per heavy atom. The van der Waals surface area contributed by atoms with Crippen molar-refractivity contribution in [2.24, 2.45) is 5.73 Å². The summed E-state index contributed by atoms with van der Waals surface area (Å²) >= 11 is 0. The van der Waals surface area contributed by atoms with Crippen LogP contribution in [-0.4, -0.2) is 18.9 Å². The summed E-state index contributed by atoms with van der Waals surface area (Å²) in [6.45, 7) is 8.59. The molecule has 106 valence electrons. The molecule has 0 atom stereocenters. The van der Waals surface area contributed by atoms with E-state index in [1.54, 1.807) is 0 Å². The molecule has 3 N–H and O–H groups in total. The minimum Gasteiger partial charge on any atom is -0.384 e. The maximum atomic E-state index is 7.75. The van der Waals surface area contributed by atoms with Crippen molar-refractivity contribution in [1.82, 2.24) is 0 Å².